The van der Waals surface area contributed by atoms with Gasteiger partial charge < -0.3 is 21.5 Å². The summed E-state index contributed by atoms with van der Waals surface area (Å²) >= 11 is 2.08. The molecule has 11 heteroatoms. The summed E-state index contributed by atoms with van der Waals surface area (Å²) in [5.74, 6) is -1.49. The molecule has 0 saturated carbocycles. The maximum Gasteiger partial charge on any atom is 0.273 e. The summed E-state index contributed by atoms with van der Waals surface area (Å²) in [7, 11) is 1.48. The number of carbonyl (C=O) groups excluding carboxylic acids is 3. The van der Waals surface area contributed by atoms with Crippen molar-refractivity contribution in [1.82, 2.24) is 9.69 Å². The molecule has 1 unspecified atom stereocenters. The molecule has 2 aromatic carbocycles. The number of hydrogen-bond acceptors (Lipinski definition) is 8. The number of thiophene rings is 1. The van der Waals surface area contributed by atoms with Crippen molar-refractivity contribution in [3.05, 3.63) is 93.1 Å². The van der Waals surface area contributed by atoms with Gasteiger partial charge in [-0.1, -0.05) is 48.5 Å². The molecule has 4 rings (SSSR count). The van der Waals surface area contributed by atoms with Crippen molar-refractivity contribution in [1.29, 1.82) is 0 Å². The molecule has 0 fully saturated rings. The van der Waals surface area contributed by atoms with Crippen molar-refractivity contribution in [2.45, 2.75) is 12.6 Å². The number of carbonyl (C=O) groups is 3. The number of hydrogen-bond donors (Lipinski definition) is 3. The fraction of sp³-hybridized carbons (Fsp3) is 0.120. The molecule has 9 nitrogen and oxygen atoms in total. The SMILES string of the molecule is COc1ccccc1N(C(=O)c1snc(C(N)=O)c1N)C(C(=O)NCc1ccccc1)c1cccs1. The van der Waals surface area contributed by atoms with Crippen molar-refractivity contribution in [2.75, 3.05) is 17.7 Å². The molecular weight excluding hydrogens is 498 g/mol. The highest BCUT2D eigenvalue weighted by atomic mass is 32.1. The minimum absolute atomic E-state index is 0.00729. The molecule has 2 heterocycles. The summed E-state index contributed by atoms with van der Waals surface area (Å²) in [4.78, 5) is 41.4. The second kappa shape index (κ2) is 11.0. The number of ether oxygens (including phenoxy) is 1. The lowest BCUT2D eigenvalue weighted by Crippen LogP contribution is -2.43. The highest BCUT2D eigenvalue weighted by molar-refractivity contribution is 7.10. The number of nitrogens with one attached hydrogen (secondary N) is 1. The fourth-order valence-electron chi connectivity index (χ4n) is 3.64. The van der Waals surface area contributed by atoms with Crippen molar-refractivity contribution < 1.29 is 19.1 Å². The van der Waals surface area contributed by atoms with Gasteiger partial charge in [0, 0.05) is 11.4 Å². The third-order valence-corrected chi connectivity index (χ3v) is 7.12. The minimum atomic E-state index is -1.06. The predicted octanol–water partition coefficient (Wildman–Crippen LogP) is 3.60. The standard InChI is InChI=1S/C25H23N5O4S2/c1-34-17-11-6-5-10-16(17)30(25(33)22-19(26)20(23(27)31)29-36-22)21(18-12-7-13-35-18)24(32)28-14-15-8-3-2-4-9-15/h2-13,21H,14,26H2,1H3,(H2,27,31)(H,28,32). The van der Waals surface area contributed by atoms with Gasteiger partial charge in [-0.15, -0.1) is 11.3 Å². The molecule has 1 atom stereocenters. The van der Waals surface area contributed by atoms with Crippen molar-refractivity contribution in [2.24, 2.45) is 5.73 Å². The molecular formula is C25H23N5O4S2. The van der Waals surface area contributed by atoms with E-state index in [1.807, 2.05) is 35.7 Å². The summed E-state index contributed by atoms with van der Waals surface area (Å²) in [6.45, 7) is 0.268. The maximum atomic E-state index is 14.0. The number of rotatable bonds is 9. The van der Waals surface area contributed by atoms with Gasteiger partial charge in [0.15, 0.2) is 11.7 Å². The highest BCUT2D eigenvalue weighted by Crippen LogP contribution is 2.38. The lowest BCUT2D eigenvalue weighted by molar-refractivity contribution is -0.122. The van der Waals surface area contributed by atoms with Crippen molar-refractivity contribution in [3.63, 3.8) is 0 Å². The zero-order chi connectivity index (χ0) is 25.7. The number of nitrogen functional groups attached to an aromatic ring is 1. The number of primary amides is 1. The van der Waals surface area contributed by atoms with Crippen molar-refractivity contribution in [3.8, 4) is 5.75 Å². The Balaban J connectivity index is 1.82. The van der Waals surface area contributed by atoms with E-state index in [1.165, 1.54) is 23.3 Å². The van der Waals surface area contributed by atoms with E-state index in [9.17, 15) is 14.4 Å². The lowest BCUT2D eigenvalue weighted by atomic mass is 10.1. The van der Waals surface area contributed by atoms with Crippen LogP contribution in [0.5, 0.6) is 5.75 Å². The number of benzene rings is 2. The Hall–Kier alpha value is -4.22. The smallest absolute Gasteiger partial charge is 0.273 e. The average molecular weight is 522 g/mol. The van der Waals surface area contributed by atoms with E-state index < -0.39 is 23.8 Å². The van der Waals surface area contributed by atoms with E-state index in [1.54, 1.807) is 36.4 Å². The molecule has 36 heavy (non-hydrogen) atoms. The first kappa shape index (κ1) is 24.9. The van der Waals surface area contributed by atoms with Crippen LogP contribution in [0, 0.1) is 0 Å². The molecule has 4 aromatic rings. The third kappa shape index (κ3) is 5.07. The predicted molar refractivity (Wildman–Crippen MR) is 140 cm³/mol. The zero-order valence-electron chi connectivity index (χ0n) is 19.2. The zero-order valence-corrected chi connectivity index (χ0v) is 20.8. The van der Waals surface area contributed by atoms with Crippen LogP contribution in [0.4, 0.5) is 11.4 Å². The fourth-order valence-corrected chi connectivity index (χ4v) is 5.19. The summed E-state index contributed by atoms with van der Waals surface area (Å²) < 4.78 is 9.49. The van der Waals surface area contributed by atoms with E-state index in [-0.39, 0.29) is 22.8 Å². The van der Waals surface area contributed by atoms with Crippen LogP contribution in [0.15, 0.2) is 72.1 Å². The first-order chi connectivity index (χ1) is 17.4. The average Bonchev–Trinajstić information content (AvgIpc) is 3.56. The van der Waals surface area contributed by atoms with Gasteiger partial charge in [0.25, 0.3) is 11.8 Å². The lowest BCUT2D eigenvalue weighted by Gasteiger charge is -2.31. The van der Waals surface area contributed by atoms with Crippen molar-refractivity contribution >= 4 is 52.0 Å². The molecule has 184 valence electrons. The number of methoxy groups -OCH3 is 1. The van der Waals surface area contributed by atoms with Gasteiger partial charge in [-0.25, -0.2) is 0 Å². The normalized spacial score (nSPS) is 11.5. The first-order valence-electron chi connectivity index (χ1n) is 10.8. The molecule has 0 spiro atoms. The Morgan fingerprint density at radius 3 is 2.42 bits per heavy atom. The van der Waals surface area contributed by atoms with Crippen LogP contribution >= 0.6 is 22.9 Å². The van der Waals surface area contributed by atoms with Crippen LogP contribution in [-0.2, 0) is 11.3 Å². The van der Waals surface area contributed by atoms with Gasteiger partial charge in [0.1, 0.15) is 10.6 Å². The summed E-state index contributed by atoms with van der Waals surface area (Å²) in [6, 6.07) is 18.8. The topological polar surface area (TPSA) is 141 Å². The Kier molecular flexibility index (Phi) is 7.62. The number of anilines is 2. The van der Waals surface area contributed by atoms with Gasteiger partial charge >= 0.3 is 0 Å². The van der Waals surface area contributed by atoms with Gasteiger partial charge in [-0.05, 0) is 40.7 Å². The van der Waals surface area contributed by atoms with E-state index >= 15 is 0 Å². The highest BCUT2D eigenvalue weighted by Gasteiger charge is 2.37. The number of para-hydroxylation sites is 2. The Morgan fingerprint density at radius 2 is 1.78 bits per heavy atom. The van der Waals surface area contributed by atoms with Gasteiger partial charge in [-0.2, -0.15) is 4.37 Å². The summed E-state index contributed by atoms with van der Waals surface area (Å²) in [6.07, 6.45) is 0. The quantitative estimate of drug-likeness (QED) is 0.307. The van der Waals surface area contributed by atoms with Crippen LogP contribution in [0.25, 0.3) is 0 Å². The van der Waals surface area contributed by atoms with Crippen LogP contribution in [-0.4, -0.2) is 29.2 Å². The number of nitrogens with zero attached hydrogens (tertiary/aromatic N) is 2. The molecule has 0 aliphatic carbocycles. The van der Waals surface area contributed by atoms with Crippen LogP contribution in [0.2, 0.25) is 0 Å². The van der Waals surface area contributed by atoms with E-state index in [4.69, 9.17) is 16.2 Å². The van der Waals surface area contributed by atoms with Crippen LogP contribution in [0.3, 0.4) is 0 Å². The Labute approximate surface area is 215 Å². The second-order valence-corrected chi connectivity index (χ2v) is 9.36. The molecule has 5 N–H and O–H groups in total. The molecule has 0 saturated heterocycles. The number of aromatic nitrogens is 1. The second-order valence-electron chi connectivity index (χ2n) is 7.61. The Bertz CT molecular complexity index is 1370. The van der Waals surface area contributed by atoms with E-state index in [0.29, 0.717) is 16.3 Å². The first-order valence-corrected chi connectivity index (χ1v) is 12.4. The largest absolute Gasteiger partial charge is 0.495 e. The monoisotopic (exact) mass is 521 g/mol. The Morgan fingerprint density at radius 1 is 1.06 bits per heavy atom. The minimum Gasteiger partial charge on any atom is -0.495 e. The molecule has 0 aliphatic rings. The van der Waals surface area contributed by atoms with Gasteiger partial charge in [0.2, 0.25) is 5.91 Å². The number of amides is 3. The third-order valence-electron chi connectivity index (χ3n) is 5.35. The van der Waals surface area contributed by atoms with E-state index in [2.05, 4.69) is 9.69 Å². The maximum absolute atomic E-state index is 14.0. The van der Waals surface area contributed by atoms with Crippen LogP contribution in [0.1, 0.15) is 36.6 Å². The number of nitrogens with two attached hydrogens (primary N) is 2. The van der Waals surface area contributed by atoms with Crippen LogP contribution < -0.4 is 26.4 Å². The van der Waals surface area contributed by atoms with E-state index in [0.717, 1.165) is 17.1 Å². The van der Waals surface area contributed by atoms with Gasteiger partial charge in [0.05, 0.1) is 18.5 Å². The summed E-state index contributed by atoms with van der Waals surface area (Å²) in [5.41, 5.74) is 12.4. The van der Waals surface area contributed by atoms with Gasteiger partial charge in [-0.3, -0.25) is 19.3 Å². The molecule has 0 radical (unpaired) electrons. The molecule has 0 bridgehead atoms. The molecule has 0 aliphatic heterocycles. The summed E-state index contributed by atoms with van der Waals surface area (Å²) in [5, 5.41) is 4.76. The molecule has 2 aromatic heterocycles. The molecule has 3 amide bonds.